The number of fused-ring (bicyclic) bond motifs is 1. The highest BCUT2D eigenvalue weighted by Crippen LogP contribution is 2.32. The molecule has 0 saturated heterocycles. The lowest BCUT2D eigenvalue weighted by Gasteiger charge is -2.23. The minimum atomic E-state index is -0.114. The molecule has 164 valence electrons. The summed E-state index contributed by atoms with van der Waals surface area (Å²) < 4.78 is 13.8. The molecule has 31 heavy (non-hydrogen) atoms. The Morgan fingerprint density at radius 2 is 2.03 bits per heavy atom. The van der Waals surface area contributed by atoms with Crippen molar-refractivity contribution in [2.75, 3.05) is 6.61 Å². The number of hydrogen-bond acceptors (Lipinski definition) is 5. The smallest absolute Gasteiger partial charge is 0.252 e. The number of aromatic nitrogens is 3. The number of nitrogens with zero attached hydrogens (tertiary/aromatic N) is 3. The van der Waals surface area contributed by atoms with Crippen molar-refractivity contribution in [1.82, 2.24) is 20.1 Å². The summed E-state index contributed by atoms with van der Waals surface area (Å²) in [6, 6.07) is 9.62. The number of aryl methyl sites for hydroxylation is 1. The van der Waals surface area contributed by atoms with E-state index in [9.17, 15) is 4.79 Å². The van der Waals surface area contributed by atoms with E-state index in [1.165, 1.54) is 0 Å². The Labute approximate surface area is 182 Å². The van der Waals surface area contributed by atoms with Crippen LogP contribution in [0.5, 0.6) is 11.5 Å². The number of carbonyl (C=O) groups excluding carboxylic acids is 1. The minimum Gasteiger partial charge on any atom is -0.490 e. The summed E-state index contributed by atoms with van der Waals surface area (Å²) in [6.07, 6.45) is 4.41. The molecule has 3 aromatic rings. The predicted octanol–water partition coefficient (Wildman–Crippen LogP) is 4.45. The normalized spacial score (nSPS) is 18.5. The van der Waals surface area contributed by atoms with Crippen LogP contribution in [0, 0.1) is 6.92 Å². The van der Waals surface area contributed by atoms with Crippen molar-refractivity contribution in [3.8, 4) is 11.5 Å². The number of rotatable bonds is 7. The number of benzene rings is 1. The fraction of sp³-hybridized carbons (Fsp3) is 0.458. The van der Waals surface area contributed by atoms with Gasteiger partial charge >= 0.3 is 0 Å². The third-order valence-corrected chi connectivity index (χ3v) is 5.62. The van der Waals surface area contributed by atoms with Crippen molar-refractivity contribution in [3.05, 3.63) is 47.8 Å². The average molecular weight is 423 g/mol. The molecular formula is C24H30N4O3. The number of nitrogens with one attached hydrogen (secondary N) is 1. The predicted molar refractivity (Wildman–Crippen MR) is 120 cm³/mol. The van der Waals surface area contributed by atoms with Crippen LogP contribution in [0.15, 0.2) is 36.5 Å². The number of hydrogen-bond donors (Lipinski definition) is 1. The molecule has 2 heterocycles. The zero-order chi connectivity index (χ0) is 22.0. The second kappa shape index (κ2) is 8.96. The molecule has 1 amide bonds. The summed E-state index contributed by atoms with van der Waals surface area (Å²) in [5, 5.41) is 8.42. The van der Waals surface area contributed by atoms with Gasteiger partial charge in [-0.25, -0.2) is 9.67 Å². The molecule has 0 radical (unpaired) electrons. The second-order valence-electron chi connectivity index (χ2n) is 8.28. The summed E-state index contributed by atoms with van der Waals surface area (Å²) in [7, 11) is 0. The van der Waals surface area contributed by atoms with Gasteiger partial charge in [-0.3, -0.25) is 4.79 Å². The highest BCUT2D eigenvalue weighted by molar-refractivity contribution is 6.05. The van der Waals surface area contributed by atoms with Crippen LogP contribution in [-0.2, 0) is 0 Å². The summed E-state index contributed by atoms with van der Waals surface area (Å²) in [5.74, 6) is 1.34. The van der Waals surface area contributed by atoms with Gasteiger partial charge in [0.15, 0.2) is 17.1 Å². The average Bonchev–Trinajstić information content (AvgIpc) is 3.36. The Morgan fingerprint density at radius 3 is 2.77 bits per heavy atom. The largest absolute Gasteiger partial charge is 0.490 e. The number of carbonyl (C=O) groups is 1. The Hall–Kier alpha value is -3.09. The first-order valence-corrected chi connectivity index (χ1v) is 11.0. The molecule has 7 nitrogen and oxygen atoms in total. The van der Waals surface area contributed by atoms with E-state index in [1.807, 2.05) is 48.9 Å². The van der Waals surface area contributed by atoms with E-state index in [-0.39, 0.29) is 24.1 Å². The molecule has 0 unspecified atom stereocenters. The molecule has 0 aliphatic heterocycles. The number of ether oxygens (including phenoxy) is 2. The molecule has 1 fully saturated rings. The molecular weight excluding hydrogens is 392 g/mol. The first-order chi connectivity index (χ1) is 15.0. The Kier molecular flexibility index (Phi) is 6.11. The van der Waals surface area contributed by atoms with Crippen LogP contribution in [-0.4, -0.2) is 39.4 Å². The topological polar surface area (TPSA) is 78.3 Å². The third-order valence-electron chi connectivity index (χ3n) is 5.62. The van der Waals surface area contributed by atoms with Crippen LogP contribution in [0.25, 0.3) is 11.0 Å². The van der Waals surface area contributed by atoms with E-state index >= 15 is 0 Å². The van der Waals surface area contributed by atoms with Crippen LogP contribution in [0.2, 0.25) is 0 Å². The minimum absolute atomic E-state index is 0.0640. The molecule has 1 aliphatic rings. The number of pyridine rings is 1. The molecule has 4 rings (SSSR count). The van der Waals surface area contributed by atoms with Gasteiger partial charge in [-0.1, -0.05) is 12.1 Å². The van der Waals surface area contributed by atoms with Crippen LogP contribution in [0.3, 0.4) is 0 Å². The van der Waals surface area contributed by atoms with Crippen molar-refractivity contribution < 1.29 is 14.3 Å². The van der Waals surface area contributed by atoms with Gasteiger partial charge in [0.2, 0.25) is 0 Å². The van der Waals surface area contributed by atoms with Crippen LogP contribution in [0.4, 0.5) is 0 Å². The van der Waals surface area contributed by atoms with Crippen LogP contribution >= 0.6 is 0 Å². The van der Waals surface area contributed by atoms with Gasteiger partial charge < -0.3 is 14.8 Å². The molecule has 0 bridgehead atoms. The molecule has 2 aromatic heterocycles. The van der Waals surface area contributed by atoms with E-state index in [0.29, 0.717) is 12.2 Å². The van der Waals surface area contributed by atoms with Crippen molar-refractivity contribution in [3.63, 3.8) is 0 Å². The third kappa shape index (κ3) is 4.36. The van der Waals surface area contributed by atoms with Crippen LogP contribution < -0.4 is 14.8 Å². The first kappa shape index (κ1) is 21.2. The molecule has 1 aliphatic carbocycles. The maximum atomic E-state index is 13.3. The highest BCUT2D eigenvalue weighted by atomic mass is 16.5. The quantitative estimate of drug-likeness (QED) is 0.609. The maximum absolute atomic E-state index is 13.3. The number of para-hydroxylation sites is 2. The zero-order valence-electron chi connectivity index (χ0n) is 18.6. The lowest BCUT2D eigenvalue weighted by Crippen LogP contribution is -2.42. The molecule has 1 saturated carbocycles. The van der Waals surface area contributed by atoms with Gasteiger partial charge in [-0.05, 0) is 65.2 Å². The van der Waals surface area contributed by atoms with E-state index in [4.69, 9.17) is 9.47 Å². The fourth-order valence-corrected chi connectivity index (χ4v) is 4.17. The van der Waals surface area contributed by atoms with Gasteiger partial charge in [-0.2, -0.15) is 5.10 Å². The van der Waals surface area contributed by atoms with Gasteiger partial charge in [0.1, 0.15) is 6.10 Å². The van der Waals surface area contributed by atoms with Crippen LogP contribution in [0.1, 0.15) is 62.1 Å². The summed E-state index contributed by atoms with van der Waals surface area (Å²) in [4.78, 5) is 17.9. The molecule has 7 heteroatoms. The van der Waals surface area contributed by atoms with Crippen molar-refractivity contribution in [1.29, 1.82) is 0 Å². The molecule has 0 spiro atoms. The fourth-order valence-electron chi connectivity index (χ4n) is 4.17. The van der Waals surface area contributed by atoms with E-state index in [1.54, 1.807) is 6.20 Å². The monoisotopic (exact) mass is 422 g/mol. The highest BCUT2D eigenvalue weighted by Gasteiger charge is 2.32. The van der Waals surface area contributed by atoms with E-state index in [2.05, 4.69) is 29.2 Å². The first-order valence-electron chi connectivity index (χ1n) is 11.0. The maximum Gasteiger partial charge on any atom is 0.252 e. The van der Waals surface area contributed by atoms with Crippen molar-refractivity contribution in [2.24, 2.45) is 0 Å². The molecule has 1 N–H and O–H groups in total. The van der Waals surface area contributed by atoms with E-state index in [0.717, 1.165) is 47.5 Å². The summed E-state index contributed by atoms with van der Waals surface area (Å²) in [5.41, 5.74) is 2.14. The summed E-state index contributed by atoms with van der Waals surface area (Å²) in [6.45, 7) is 8.54. The van der Waals surface area contributed by atoms with Crippen molar-refractivity contribution >= 4 is 16.9 Å². The van der Waals surface area contributed by atoms with Gasteiger partial charge in [0.05, 0.1) is 29.8 Å². The Balaban J connectivity index is 1.55. The van der Waals surface area contributed by atoms with Gasteiger partial charge in [0, 0.05) is 11.7 Å². The summed E-state index contributed by atoms with van der Waals surface area (Å²) >= 11 is 0. The molecule has 2 atom stereocenters. The number of amides is 1. The molecule has 1 aromatic carbocycles. The van der Waals surface area contributed by atoms with Crippen molar-refractivity contribution in [2.45, 2.75) is 65.1 Å². The standard InChI is InChI=1S/C24H30N4O3/c1-5-30-21-10-6-7-11-22(21)31-20-12-8-9-19(20)27-24(29)17-13-16(4)26-23-18(17)14-25-28(23)15(2)3/h6-7,10-11,13-15,19-20H,5,8-9,12H2,1-4H3,(H,27,29)/t19-,20-/m0/s1. The zero-order valence-corrected chi connectivity index (χ0v) is 18.6. The lowest BCUT2D eigenvalue weighted by atomic mass is 10.1. The van der Waals surface area contributed by atoms with E-state index < -0.39 is 0 Å². The Bertz CT molecular complexity index is 1080. The van der Waals surface area contributed by atoms with Gasteiger partial charge in [0.25, 0.3) is 5.91 Å². The second-order valence-corrected chi connectivity index (χ2v) is 8.28. The van der Waals surface area contributed by atoms with Gasteiger partial charge in [-0.15, -0.1) is 0 Å². The SMILES string of the molecule is CCOc1ccccc1O[C@H]1CCC[C@@H]1NC(=O)c1cc(C)nc2c1cnn2C(C)C. The lowest BCUT2D eigenvalue weighted by molar-refractivity contribution is 0.0893. The Morgan fingerprint density at radius 1 is 1.26 bits per heavy atom.